The van der Waals surface area contributed by atoms with Crippen LogP contribution in [0.5, 0.6) is 0 Å². The quantitative estimate of drug-likeness (QED) is 0.855. The summed E-state index contributed by atoms with van der Waals surface area (Å²) in [7, 11) is 0. The summed E-state index contributed by atoms with van der Waals surface area (Å²) in [6, 6.07) is 12.8. The number of hydrogen-bond donors (Lipinski definition) is 1. The topological polar surface area (TPSA) is 29.1 Å². The predicted octanol–water partition coefficient (Wildman–Crippen LogP) is 4.66. The Labute approximate surface area is 119 Å². The Morgan fingerprint density at radius 3 is 2.67 bits per heavy atom. The van der Waals surface area contributed by atoms with Gasteiger partial charge in [-0.1, -0.05) is 45.7 Å². The molecule has 2 aromatic carbocycles. The van der Waals surface area contributed by atoms with Crippen molar-refractivity contribution in [3.63, 3.8) is 0 Å². The van der Waals surface area contributed by atoms with Gasteiger partial charge >= 0.3 is 0 Å². The second kappa shape index (κ2) is 5.55. The van der Waals surface area contributed by atoms with E-state index in [9.17, 15) is 4.79 Å². The van der Waals surface area contributed by atoms with E-state index in [0.29, 0.717) is 10.6 Å². The van der Waals surface area contributed by atoms with Crippen LogP contribution in [-0.2, 0) is 0 Å². The number of carbonyl (C=O) groups is 1. The maximum absolute atomic E-state index is 12.1. The summed E-state index contributed by atoms with van der Waals surface area (Å²) < 4.78 is 0.821. The van der Waals surface area contributed by atoms with Crippen LogP contribution in [0, 0.1) is 6.92 Å². The first-order valence-corrected chi connectivity index (χ1v) is 6.57. The van der Waals surface area contributed by atoms with E-state index >= 15 is 0 Å². The van der Waals surface area contributed by atoms with Crippen LogP contribution in [-0.4, -0.2) is 5.91 Å². The molecule has 0 aliphatic carbocycles. The van der Waals surface area contributed by atoms with Gasteiger partial charge in [0.25, 0.3) is 5.91 Å². The average Bonchev–Trinajstić information content (AvgIpc) is 2.35. The molecule has 0 saturated carbocycles. The molecule has 2 aromatic rings. The van der Waals surface area contributed by atoms with Gasteiger partial charge in [0.05, 0.1) is 10.6 Å². The Bertz CT molecular complexity index is 598. The van der Waals surface area contributed by atoms with E-state index in [0.717, 1.165) is 15.7 Å². The lowest BCUT2D eigenvalue weighted by Gasteiger charge is -2.09. The van der Waals surface area contributed by atoms with E-state index < -0.39 is 0 Å². The molecule has 0 heterocycles. The van der Waals surface area contributed by atoms with Crippen LogP contribution in [0.2, 0.25) is 5.02 Å². The largest absolute Gasteiger partial charge is 0.322 e. The van der Waals surface area contributed by atoms with Crippen molar-refractivity contribution >= 4 is 39.1 Å². The van der Waals surface area contributed by atoms with Gasteiger partial charge < -0.3 is 5.32 Å². The highest BCUT2D eigenvalue weighted by atomic mass is 79.9. The van der Waals surface area contributed by atoms with Crippen molar-refractivity contribution in [1.29, 1.82) is 0 Å². The van der Waals surface area contributed by atoms with E-state index in [4.69, 9.17) is 11.6 Å². The molecule has 0 aromatic heterocycles. The second-order valence-corrected chi connectivity index (χ2v) is 5.22. The van der Waals surface area contributed by atoms with Crippen LogP contribution >= 0.6 is 27.5 Å². The van der Waals surface area contributed by atoms with Gasteiger partial charge in [0.1, 0.15) is 0 Å². The van der Waals surface area contributed by atoms with E-state index in [-0.39, 0.29) is 5.91 Å². The maximum Gasteiger partial charge on any atom is 0.257 e. The molecule has 1 N–H and O–H groups in total. The fourth-order valence-electron chi connectivity index (χ4n) is 1.57. The molecule has 0 fully saturated rings. The molecule has 0 spiro atoms. The van der Waals surface area contributed by atoms with Crippen molar-refractivity contribution in [3.05, 3.63) is 63.1 Å². The molecule has 4 heteroatoms. The molecule has 1 amide bonds. The zero-order valence-electron chi connectivity index (χ0n) is 9.71. The van der Waals surface area contributed by atoms with Crippen LogP contribution in [0.15, 0.2) is 46.9 Å². The molecule has 0 saturated heterocycles. The Hall–Kier alpha value is -1.32. The number of benzene rings is 2. The van der Waals surface area contributed by atoms with Crippen molar-refractivity contribution in [2.45, 2.75) is 6.92 Å². The van der Waals surface area contributed by atoms with Gasteiger partial charge in [-0.15, -0.1) is 0 Å². The standard InChI is InChI=1S/C14H11BrClNO/c1-9-4-2-3-5-13(9)17-14(18)11-8-10(15)6-7-12(11)16/h2-8H,1H3,(H,17,18). The molecular formula is C14H11BrClNO. The van der Waals surface area contributed by atoms with Gasteiger partial charge in [-0.2, -0.15) is 0 Å². The molecule has 0 radical (unpaired) electrons. The van der Waals surface area contributed by atoms with Crippen molar-refractivity contribution in [3.8, 4) is 0 Å². The lowest BCUT2D eigenvalue weighted by molar-refractivity contribution is 0.102. The van der Waals surface area contributed by atoms with Crippen molar-refractivity contribution in [2.24, 2.45) is 0 Å². The van der Waals surface area contributed by atoms with Gasteiger partial charge in [-0.05, 0) is 36.8 Å². The molecule has 0 bridgehead atoms. The summed E-state index contributed by atoms with van der Waals surface area (Å²) >= 11 is 9.34. The fourth-order valence-corrected chi connectivity index (χ4v) is 2.14. The minimum absolute atomic E-state index is 0.212. The molecule has 0 aliphatic rings. The summed E-state index contributed by atoms with van der Waals surface area (Å²) in [6.07, 6.45) is 0. The molecule has 2 nitrogen and oxygen atoms in total. The Morgan fingerprint density at radius 2 is 1.94 bits per heavy atom. The van der Waals surface area contributed by atoms with E-state index in [1.807, 2.05) is 31.2 Å². The van der Waals surface area contributed by atoms with Gasteiger partial charge in [0, 0.05) is 10.2 Å². The number of amides is 1. The first-order valence-electron chi connectivity index (χ1n) is 5.40. The number of nitrogens with one attached hydrogen (secondary N) is 1. The highest BCUT2D eigenvalue weighted by molar-refractivity contribution is 9.10. The zero-order valence-corrected chi connectivity index (χ0v) is 12.0. The number of hydrogen-bond acceptors (Lipinski definition) is 1. The SMILES string of the molecule is Cc1ccccc1NC(=O)c1cc(Br)ccc1Cl. The Morgan fingerprint density at radius 1 is 1.22 bits per heavy atom. The monoisotopic (exact) mass is 323 g/mol. The van der Waals surface area contributed by atoms with Crippen LogP contribution < -0.4 is 5.32 Å². The normalized spacial score (nSPS) is 10.2. The molecular weight excluding hydrogens is 314 g/mol. The van der Waals surface area contributed by atoms with Gasteiger partial charge in [0.2, 0.25) is 0 Å². The molecule has 2 rings (SSSR count). The predicted molar refractivity (Wildman–Crippen MR) is 78.3 cm³/mol. The van der Waals surface area contributed by atoms with E-state index in [2.05, 4.69) is 21.2 Å². The second-order valence-electron chi connectivity index (χ2n) is 3.89. The third-order valence-corrected chi connectivity index (χ3v) is 3.39. The fraction of sp³-hybridized carbons (Fsp3) is 0.0714. The molecule has 0 atom stereocenters. The third kappa shape index (κ3) is 2.92. The number of aryl methyl sites for hydroxylation is 1. The van der Waals surface area contributed by atoms with Crippen molar-refractivity contribution in [2.75, 3.05) is 5.32 Å². The van der Waals surface area contributed by atoms with Gasteiger partial charge in [-0.25, -0.2) is 0 Å². The van der Waals surface area contributed by atoms with Crippen molar-refractivity contribution < 1.29 is 4.79 Å². The van der Waals surface area contributed by atoms with Gasteiger partial charge in [0.15, 0.2) is 0 Å². The minimum Gasteiger partial charge on any atom is -0.322 e. The van der Waals surface area contributed by atoms with Crippen LogP contribution in [0.25, 0.3) is 0 Å². The lowest BCUT2D eigenvalue weighted by atomic mass is 10.1. The van der Waals surface area contributed by atoms with Crippen molar-refractivity contribution in [1.82, 2.24) is 0 Å². The summed E-state index contributed by atoms with van der Waals surface area (Å²) in [5.41, 5.74) is 2.25. The zero-order chi connectivity index (χ0) is 13.1. The van der Waals surface area contributed by atoms with Crippen LogP contribution in [0.4, 0.5) is 5.69 Å². The number of anilines is 1. The highest BCUT2D eigenvalue weighted by Crippen LogP contribution is 2.23. The lowest BCUT2D eigenvalue weighted by Crippen LogP contribution is -2.13. The number of para-hydroxylation sites is 1. The summed E-state index contributed by atoms with van der Waals surface area (Å²) in [4.78, 5) is 12.1. The third-order valence-electron chi connectivity index (χ3n) is 2.57. The summed E-state index contributed by atoms with van der Waals surface area (Å²) in [5, 5.41) is 3.28. The molecule has 0 aliphatic heterocycles. The summed E-state index contributed by atoms with van der Waals surface area (Å²) in [6.45, 7) is 1.94. The molecule has 0 unspecified atom stereocenters. The Balaban J connectivity index is 2.28. The average molecular weight is 325 g/mol. The molecule has 18 heavy (non-hydrogen) atoms. The van der Waals surface area contributed by atoms with Crippen LogP contribution in [0.1, 0.15) is 15.9 Å². The first kappa shape index (κ1) is 13.1. The highest BCUT2D eigenvalue weighted by Gasteiger charge is 2.11. The number of carbonyl (C=O) groups excluding carboxylic acids is 1. The summed E-state index contributed by atoms with van der Waals surface area (Å²) in [5.74, 6) is -0.212. The molecule has 92 valence electrons. The first-order chi connectivity index (χ1) is 8.58. The van der Waals surface area contributed by atoms with E-state index in [1.165, 1.54) is 0 Å². The minimum atomic E-state index is -0.212. The number of rotatable bonds is 2. The van der Waals surface area contributed by atoms with Gasteiger partial charge in [-0.3, -0.25) is 4.79 Å². The van der Waals surface area contributed by atoms with Crippen LogP contribution in [0.3, 0.4) is 0 Å². The number of halogens is 2. The maximum atomic E-state index is 12.1. The Kier molecular flexibility index (Phi) is 4.04. The van der Waals surface area contributed by atoms with E-state index in [1.54, 1.807) is 18.2 Å². The smallest absolute Gasteiger partial charge is 0.257 e.